The molecule has 4 nitrogen and oxygen atoms in total. The third kappa shape index (κ3) is 3.00. The highest BCUT2D eigenvalue weighted by molar-refractivity contribution is 8.15. The van der Waals surface area contributed by atoms with E-state index in [1.54, 1.807) is 0 Å². The van der Waals surface area contributed by atoms with E-state index in [1.165, 1.54) is 30.0 Å². The van der Waals surface area contributed by atoms with Crippen molar-refractivity contribution in [1.29, 1.82) is 0 Å². The van der Waals surface area contributed by atoms with Gasteiger partial charge in [-0.1, -0.05) is 35.0 Å². The van der Waals surface area contributed by atoms with Crippen molar-refractivity contribution >= 4 is 51.9 Å². The predicted octanol–water partition coefficient (Wildman–Crippen LogP) is 2.35. The number of carbonyl (C=O) groups is 2. The summed E-state index contributed by atoms with van der Waals surface area (Å²) >= 11 is 12.7. The smallest absolute Gasteiger partial charge is 0.279 e. The van der Waals surface area contributed by atoms with Crippen molar-refractivity contribution in [3.63, 3.8) is 0 Å². The van der Waals surface area contributed by atoms with Crippen LogP contribution in [0.5, 0.6) is 0 Å². The third-order valence-corrected chi connectivity index (χ3v) is 3.57. The highest BCUT2D eigenvalue weighted by Crippen LogP contribution is 2.23. The molecule has 1 fully saturated rings. The summed E-state index contributed by atoms with van der Waals surface area (Å²) in [6, 6.07) is 4.50. The second kappa shape index (κ2) is 5.08. The van der Waals surface area contributed by atoms with Gasteiger partial charge in [0.1, 0.15) is 0 Å². The van der Waals surface area contributed by atoms with Crippen LogP contribution in [0.4, 0.5) is 0 Å². The molecule has 88 valence electrons. The fraction of sp³-hybridized carbons (Fsp3) is 0.100. The molecule has 17 heavy (non-hydrogen) atoms. The summed E-state index contributed by atoms with van der Waals surface area (Å²) in [7, 11) is 0. The van der Waals surface area contributed by atoms with Crippen molar-refractivity contribution in [1.82, 2.24) is 5.32 Å². The second-order valence-electron chi connectivity index (χ2n) is 3.19. The maximum Gasteiger partial charge on any atom is 0.279 e. The number of nitrogens with zero attached hydrogens (tertiary/aromatic N) is 1. The van der Waals surface area contributed by atoms with Crippen LogP contribution in [0.3, 0.4) is 0 Å². The summed E-state index contributed by atoms with van der Waals surface area (Å²) in [4.78, 5) is 26.4. The molecule has 7 heteroatoms. The van der Waals surface area contributed by atoms with Gasteiger partial charge in [-0.3, -0.25) is 9.59 Å². The maximum absolute atomic E-state index is 11.7. The van der Waals surface area contributed by atoms with Gasteiger partial charge in [-0.05, 0) is 18.2 Å². The molecule has 1 heterocycles. The standard InChI is InChI=1S/C10H6Cl2N2O2S/c11-6-2-1-5(3-7(6)12)9(16)14-10-13-8(15)4-17-10/h1-3H,4H2,(H,13,14,15,16). The largest absolute Gasteiger partial charge is 0.304 e. The lowest BCUT2D eigenvalue weighted by Crippen LogP contribution is -2.21. The summed E-state index contributed by atoms with van der Waals surface area (Å²) in [6.45, 7) is 0. The molecule has 0 unspecified atom stereocenters. The lowest BCUT2D eigenvalue weighted by molar-refractivity contribution is -0.116. The quantitative estimate of drug-likeness (QED) is 0.863. The van der Waals surface area contributed by atoms with E-state index < -0.39 is 5.91 Å². The fourth-order valence-corrected chi connectivity index (χ4v) is 2.14. The molecule has 2 amide bonds. The molecule has 1 aliphatic heterocycles. The zero-order valence-corrected chi connectivity index (χ0v) is 10.7. The van der Waals surface area contributed by atoms with E-state index in [0.29, 0.717) is 20.8 Å². The van der Waals surface area contributed by atoms with Crippen LogP contribution >= 0.6 is 35.0 Å². The number of amides is 2. The Bertz CT molecular complexity index is 531. The maximum atomic E-state index is 11.7. The van der Waals surface area contributed by atoms with Gasteiger partial charge in [0.2, 0.25) is 5.91 Å². The molecule has 0 radical (unpaired) electrons. The molecule has 1 aromatic carbocycles. The zero-order valence-electron chi connectivity index (χ0n) is 8.37. The van der Waals surface area contributed by atoms with Gasteiger partial charge in [0.15, 0.2) is 5.17 Å². The number of nitrogens with one attached hydrogen (secondary N) is 1. The molecule has 1 saturated heterocycles. The topological polar surface area (TPSA) is 58.5 Å². The van der Waals surface area contributed by atoms with Crippen molar-refractivity contribution in [3.8, 4) is 0 Å². The third-order valence-electron chi connectivity index (χ3n) is 1.96. The Morgan fingerprint density at radius 1 is 1.35 bits per heavy atom. The first kappa shape index (κ1) is 12.4. The lowest BCUT2D eigenvalue weighted by atomic mass is 10.2. The first-order valence-electron chi connectivity index (χ1n) is 4.57. The van der Waals surface area contributed by atoms with E-state index >= 15 is 0 Å². The Morgan fingerprint density at radius 3 is 2.71 bits per heavy atom. The number of hydrogen-bond donors (Lipinski definition) is 1. The van der Waals surface area contributed by atoms with Crippen LogP contribution in [-0.2, 0) is 4.79 Å². The number of aliphatic imine (C=N–C) groups is 1. The number of carbonyl (C=O) groups excluding carboxylic acids is 2. The van der Waals surface area contributed by atoms with Crippen LogP contribution < -0.4 is 5.32 Å². The first-order valence-corrected chi connectivity index (χ1v) is 6.31. The Balaban J connectivity index is 2.20. The van der Waals surface area contributed by atoms with Crippen LogP contribution in [0.25, 0.3) is 0 Å². The summed E-state index contributed by atoms with van der Waals surface area (Å²) in [5, 5.41) is 3.45. The van der Waals surface area contributed by atoms with Crippen molar-refractivity contribution in [2.45, 2.75) is 0 Å². The van der Waals surface area contributed by atoms with Crippen molar-refractivity contribution in [2.24, 2.45) is 4.99 Å². The van der Waals surface area contributed by atoms with Gasteiger partial charge in [-0.15, -0.1) is 0 Å². The van der Waals surface area contributed by atoms with Gasteiger partial charge < -0.3 is 5.32 Å². The van der Waals surface area contributed by atoms with Crippen LogP contribution in [0.2, 0.25) is 10.0 Å². The second-order valence-corrected chi connectivity index (χ2v) is 4.97. The summed E-state index contributed by atoms with van der Waals surface area (Å²) < 4.78 is 0. The average molecular weight is 289 g/mol. The van der Waals surface area contributed by atoms with Gasteiger partial charge >= 0.3 is 0 Å². The Morgan fingerprint density at radius 2 is 2.12 bits per heavy atom. The van der Waals surface area contributed by atoms with E-state index in [2.05, 4.69) is 10.3 Å². The summed E-state index contributed by atoms with van der Waals surface area (Å²) in [5.41, 5.74) is 0.327. The molecule has 0 saturated carbocycles. The summed E-state index contributed by atoms with van der Waals surface area (Å²) in [5.74, 6) is -0.336. The number of rotatable bonds is 1. The monoisotopic (exact) mass is 288 g/mol. The normalized spacial score (nSPS) is 17.3. The van der Waals surface area contributed by atoms with Crippen molar-refractivity contribution in [2.75, 3.05) is 5.75 Å². The highest BCUT2D eigenvalue weighted by Gasteiger charge is 2.18. The molecular weight excluding hydrogens is 283 g/mol. The Hall–Kier alpha value is -1.04. The van der Waals surface area contributed by atoms with E-state index in [-0.39, 0.29) is 11.7 Å². The van der Waals surface area contributed by atoms with Gasteiger partial charge in [0.25, 0.3) is 5.91 Å². The Kier molecular flexibility index (Phi) is 3.71. The molecule has 0 aromatic heterocycles. The lowest BCUT2D eigenvalue weighted by Gasteiger charge is -1.99. The van der Waals surface area contributed by atoms with Crippen LogP contribution in [-0.4, -0.2) is 22.7 Å². The number of halogens is 2. The minimum absolute atomic E-state index is 0.157. The number of benzene rings is 1. The SMILES string of the molecule is O=C1CSC(=NC(=O)c2ccc(Cl)c(Cl)c2)N1. The van der Waals surface area contributed by atoms with Crippen LogP contribution in [0, 0.1) is 0 Å². The van der Waals surface area contributed by atoms with Gasteiger partial charge in [-0.25, -0.2) is 0 Å². The average Bonchev–Trinajstić information content (AvgIpc) is 2.68. The number of thioether (sulfide) groups is 1. The van der Waals surface area contributed by atoms with E-state index in [0.717, 1.165) is 0 Å². The summed E-state index contributed by atoms with van der Waals surface area (Å²) in [6.07, 6.45) is 0. The van der Waals surface area contributed by atoms with Crippen LogP contribution in [0.15, 0.2) is 23.2 Å². The Labute approximate surface area is 111 Å². The van der Waals surface area contributed by atoms with Crippen molar-refractivity contribution in [3.05, 3.63) is 33.8 Å². The molecule has 2 rings (SSSR count). The number of hydrogen-bond acceptors (Lipinski definition) is 3. The molecule has 1 aliphatic rings. The highest BCUT2D eigenvalue weighted by atomic mass is 35.5. The molecular formula is C10H6Cl2N2O2S. The van der Waals surface area contributed by atoms with Gasteiger partial charge in [0.05, 0.1) is 15.8 Å². The van der Waals surface area contributed by atoms with Crippen molar-refractivity contribution < 1.29 is 9.59 Å². The molecule has 0 spiro atoms. The van der Waals surface area contributed by atoms with E-state index in [9.17, 15) is 9.59 Å². The molecule has 0 bridgehead atoms. The molecule has 0 atom stereocenters. The minimum Gasteiger partial charge on any atom is -0.304 e. The molecule has 0 aliphatic carbocycles. The zero-order chi connectivity index (χ0) is 12.4. The fourth-order valence-electron chi connectivity index (χ4n) is 1.17. The molecule has 1 N–H and O–H groups in total. The molecule has 1 aromatic rings. The predicted molar refractivity (Wildman–Crippen MR) is 68.8 cm³/mol. The minimum atomic E-state index is -0.465. The van der Waals surface area contributed by atoms with E-state index in [1.807, 2.05) is 0 Å². The van der Waals surface area contributed by atoms with Gasteiger partial charge in [0, 0.05) is 5.56 Å². The van der Waals surface area contributed by atoms with Gasteiger partial charge in [-0.2, -0.15) is 4.99 Å². The first-order chi connectivity index (χ1) is 8.06. The van der Waals surface area contributed by atoms with E-state index in [4.69, 9.17) is 23.2 Å². The van der Waals surface area contributed by atoms with Crippen LogP contribution in [0.1, 0.15) is 10.4 Å². The number of amidine groups is 1.